The Bertz CT molecular complexity index is 1230. The van der Waals surface area contributed by atoms with Crippen molar-refractivity contribution in [2.45, 2.75) is 13.0 Å². The number of carbonyl (C=O) groups excluding carboxylic acids is 1. The first kappa shape index (κ1) is 20.7. The van der Waals surface area contributed by atoms with Gasteiger partial charge in [0.1, 0.15) is 0 Å². The maximum Gasteiger partial charge on any atom is 0.407 e. The summed E-state index contributed by atoms with van der Waals surface area (Å²) in [6.45, 7) is 2.78. The molecule has 3 aromatic rings. The van der Waals surface area contributed by atoms with E-state index in [1.165, 1.54) is 4.90 Å². The van der Waals surface area contributed by atoms with Crippen LogP contribution in [0.15, 0.2) is 48.5 Å². The number of carboxylic acid groups (broad SMARTS) is 1. The molecule has 0 radical (unpaired) electrons. The van der Waals surface area contributed by atoms with Crippen molar-refractivity contribution in [3.8, 4) is 23.6 Å². The highest BCUT2D eigenvalue weighted by atomic mass is 35.5. The molecule has 0 spiro atoms. The van der Waals surface area contributed by atoms with Gasteiger partial charge in [0, 0.05) is 47.8 Å². The summed E-state index contributed by atoms with van der Waals surface area (Å²) < 4.78 is 0. The van der Waals surface area contributed by atoms with Crippen molar-refractivity contribution in [3.63, 3.8) is 0 Å². The second-order valence-corrected chi connectivity index (χ2v) is 7.93. The molecule has 6 nitrogen and oxygen atoms in total. The van der Waals surface area contributed by atoms with Crippen LogP contribution in [-0.4, -0.2) is 57.6 Å². The van der Waals surface area contributed by atoms with Crippen molar-refractivity contribution in [2.75, 3.05) is 19.6 Å². The van der Waals surface area contributed by atoms with Gasteiger partial charge in [0.2, 0.25) is 0 Å². The van der Waals surface area contributed by atoms with Gasteiger partial charge in [0.25, 0.3) is 5.91 Å². The van der Waals surface area contributed by atoms with Crippen LogP contribution >= 0.6 is 11.6 Å². The number of terminal acetylenes is 1. The van der Waals surface area contributed by atoms with E-state index in [1.807, 2.05) is 24.3 Å². The van der Waals surface area contributed by atoms with E-state index in [4.69, 9.17) is 23.0 Å². The van der Waals surface area contributed by atoms with Crippen LogP contribution < -0.4 is 0 Å². The molecule has 2 amide bonds. The second kappa shape index (κ2) is 8.29. The van der Waals surface area contributed by atoms with E-state index in [2.05, 4.69) is 5.92 Å². The fraction of sp³-hybridized carbons (Fsp3) is 0.208. The lowest BCUT2D eigenvalue weighted by molar-refractivity contribution is 0.0507. The van der Waals surface area contributed by atoms with E-state index in [9.17, 15) is 14.7 Å². The predicted molar refractivity (Wildman–Crippen MR) is 120 cm³/mol. The fourth-order valence-electron chi connectivity index (χ4n) is 3.84. The SMILES string of the molecule is C#Cc1cccc(-c2cc(Cl)c3ccc(C(=O)N4CCN(C(=O)O)C(C)C4)cc3n2)c1. The smallest absolute Gasteiger partial charge is 0.407 e. The molecule has 156 valence electrons. The lowest BCUT2D eigenvalue weighted by Gasteiger charge is -2.38. The Morgan fingerprint density at radius 2 is 2.00 bits per heavy atom. The van der Waals surface area contributed by atoms with Gasteiger partial charge in [-0.25, -0.2) is 9.78 Å². The Balaban J connectivity index is 1.66. The van der Waals surface area contributed by atoms with Crippen molar-refractivity contribution >= 4 is 34.5 Å². The van der Waals surface area contributed by atoms with Gasteiger partial charge in [-0.3, -0.25) is 4.79 Å². The molecule has 2 heterocycles. The van der Waals surface area contributed by atoms with Crippen molar-refractivity contribution in [3.05, 3.63) is 64.7 Å². The molecule has 0 bridgehead atoms. The van der Waals surface area contributed by atoms with Crippen molar-refractivity contribution in [1.29, 1.82) is 0 Å². The molecule has 0 saturated carbocycles. The zero-order valence-corrected chi connectivity index (χ0v) is 17.6. The molecule has 0 aliphatic carbocycles. The average Bonchev–Trinajstić information content (AvgIpc) is 2.77. The molecular weight excluding hydrogens is 414 g/mol. The van der Waals surface area contributed by atoms with Crippen molar-refractivity contribution < 1.29 is 14.7 Å². The van der Waals surface area contributed by atoms with Crippen LogP contribution in [0.2, 0.25) is 5.02 Å². The summed E-state index contributed by atoms with van der Waals surface area (Å²) in [7, 11) is 0. The summed E-state index contributed by atoms with van der Waals surface area (Å²) in [5, 5.41) is 10.5. The standard InChI is InChI=1S/C24H20ClN3O3/c1-3-16-5-4-6-17(11-16)21-13-20(25)19-8-7-18(12-22(19)26-21)23(29)27-9-10-28(24(30)31)15(2)14-27/h1,4-8,11-13,15H,9-10,14H2,2H3,(H,30,31). The van der Waals surface area contributed by atoms with Crippen LogP contribution in [0.3, 0.4) is 0 Å². The Labute approximate surface area is 185 Å². The lowest BCUT2D eigenvalue weighted by atomic mass is 10.0. The zero-order valence-electron chi connectivity index (χ0n) is 16.9. The van der Waals surface area contributed by atoms with E-state index in [0.717, 1.165) is 16.5 Å². The van der Waals surface area contributed by atoms with Gasteiger partial charge in [-0.05, 0) is 37.3 Å². The second-order valence-electron chi connectivity index (χ2n) is 7.52. The number of halogens is 1. The van der Waals surface area contributed by atoms with Crippen LogP contribution in [-0.2, 0) is 0 Å². The molecule has 1 N–H and O–H groups in total. The minimum atomic E-state index is -0.967. The summed E-state index contributed by atoms with van der Waals surface area (Å²) in [6, 6.07) is 14.2. The molecule has 1 aromatic heterocycles. The molecule has 2 aromatic carbocycles. The van der Waals surface area contributed by atoms with E-state index in [1.54, 1.807) is 36.1 Å². The number of hydrogen-bond donors (Lipinski definition) is 1. The Morgan fingerprint density at radius 1 is 1.19 bits per heavy atom. The van der Waals surface area contributed by atoms with Gasteiger partial charge in [-0.2, -0.15) is 0 Å². The summed E-state index contributed by atoms with van der Waals surface area (Å²) in [5.41, 5.74) is 3.35. The number of aromatic nitrogens is 1. The minimum Gasteiger partial charge on any atom is -0.465 e. The highest BCUT2D eigenvalue weighted by Gasteiger charge is 2.30. The number of nitrogens with zero attached hydrogens (tertiary/aromatic N) is 3. The number of piperazine rings is 1. The van der Waals surface area contributed by atoms with Gasteiger partial charge in [0.15, 0.2) is 0 Å². The largest absolute Gasteiger partial charge is 0.465 e. The first-order valence-electron chi connectivity index (χ1n) is 9.83. The van der Waals surface area contributed by atoms with Gasteiger partial charge < -0.3 is 14.9 Å². The number of rotatable bonds is 2. The van der Waals surface area contributed by atoms with E-state index < -0.39 is 6.09 Å². The number of hydrogen-bond acceptors (Lipinski definition) is 3. The molecule has 7 heteroatoms. The molecule has 1 atom stereocenters. The zero-order chi connectivity index (χ0) is 22.1. The summed E-state index contributed by atoms with van der Waals surface area (Å²) in [4.78, 5) is 32.1. The summed E-state index contributed by atoms with van der Waals surface area (Å²) in [5.74, 6) is 2.46. The maximum absolute atomic E-state index is 13.1. The van der Waals surface area contributed by atoms with Crippen LogP contribution in [0.1, 0.15) is 22.8 Å². The van der Waals surface area contributed by atoms with Crippen LogP contribution in [0.25, 0.3) is 22.2 Å². The Morgan fingerprint density at radius 3 is 2.71 bits per heavy atom. The average molecular weight is 434 g/mol. The van der Waals surface area contributed by atoms with E-state index in [0.29, 0.717) is 34.9 Å². The number of pyridine rings is 1. The van der Waals surface area contributed by atoms with Crippen LogP contribution in [0.4, 0.5) is 4.79 Å². The third-order valence-electron chi connectivity index (χ3n) is 5.49. The quantitative estimate of drug-likeness (QED) is 0.609. The normalized spacial score (nSPS) is 16.2. The molecule has 4 rings (SSSR count). The van der Waals surface area contributed by atoms with Gasteiger partial charge in [-0.1, -0.05) is 35.7 Å². The third-order valence-corrected chi connectivity index (χ3v) is 5.80. The van der Waals surface area contributed by atoms with E-state index >= 15 is 0 Å². The summed E-state index contributed by atoms with van der Waals surface area (Å²) in [6.07, 6.45) is 4.53. The van der Waals surface area contributed by atoms with Crippen LogP contribution in [0.5, 0.6) is 0 Å². The molecule has 1 unspecified atom stereocenters. The molecule has 31 heavy (non-hydrogen) atoms. The topological polar surface area (TPSA) is 73.7 Å². The minimum absolute atomic E-state index is 0.156. The van der Waals surface area contributed by atoms with Gasteiger partial charge in [0.05, 0.1) is 16.2 Å². The molecule has 1 saturated heterocycles. The Hall–Kier alpha value is -3.56. The molecule has 1 aliphatic heterocycles. The van der Waals surface area contributed by atoms with Crippen molar-refractivity contribution in [2.24, 2.45) is 0 Å². The highest BCUT2D eigenvalue weighted by Crippen LogP contribution is 2.29. The fourth-order valence-corrected chi connectivity index (χ4v) is 4.11. The number of amides is 2. The van der Waals surface area contributed by atoms with Crippen molar-refractivity contribution in [1.82, 2.24) is 14.8 Å². The first-order chi connectivity index (χ1) is 14.9. The molecular formula is C24H20ClN3O3. The lowest BCUT2D eigenvalue weighted by Crippen LogP contribution is -2.55. The first-order valence-corrected chi connectivity index (χ1v) is 10.2. The number of benzene rings is 2. The van der Waals surface area contributed by atoms with Gasteiger partial charge in [-0.15, -0.1) is 6.42 Å². The Kier molecular flexibility index (Phi) is 5.53. The predicted octanol–water partition coefficient (Wildman–Crippen LogP) is 4.36. The monoisotopic (exact) mass is 433 g/mol. The van der Waals surface area contributed by atoms with Gasteiger partial charge >= 0.3 is 6.09 Å². The number of carbonyl (C=O) groups is 2. The van der Waals surface area contributed by atoms with Crippen LogP contribution in [0, 0.1) is 12.3 Å². The van der Waals surface area contributed by atoms with E-state index in [-0.39, 0.29) is 18.5 Å². The third kappa shape index (κ3) is 4.05. The summed E-state index contributed by atoms with van der Waals surface area (Å²) >= 11 is 6.49. The highest BCUT2D eigenvalue weighted by molar-refractivity contribution is 6.35. The molecule has 1 fully saturated rings. The number of fused-ring (bicyclic) bond motifs is 1. The molecule has 1 aliphatic rings. The maximum atomic E-state index is 13.1.